The molecule has 0 unspecified atom stereocenters. The van der Waals surface area contributed by atoms with Crippen LogP contribution < -0.4 is 0 Å². The van der Waals surface area contributed by atoms with Crippen LogP contribution in [-0.4, -0.2) is 34.9 Å². The molecule has 0 aliphatic carbocycles. The minimum absolute atomic E-state index is 0.104. The molecule has 0 spiro atoms. The van der Waals surface area contributed by atoms with Crippen molar-refractivity contribution in [2.45, 2.75) is 104 Å². The number of unbranched alkanes of at least 4 members (excludes halogenated alkanes) is 4. The molecule has 0 radical (unpaired) electrons. The second-order valence-electron chi connectivity index (χ2n) is 9.01. The van der Waals surface area contributed by atoms with Crippen LogP contribution in [0.15, 0.2) is 30.3 Å². The molecule has 1 aromatic rings. The molecule has 166 valence electrons. The summed E-state index contributed by atoms with van der Waals surface area (Å²) in [5, 5.41) is 0. The summed E-state index contributed by atoms with van der Waals surface area (Å²) in [7, 11) is 0. The van der Waals surface area contributed by atoms with Crippen LogP contribution >= 0.6 is 11.6 Å². The summed E-state index contributed by atoms with van der Waals surface area (Å²) < 4.78 is 5.66. The summed E-state index contributed by atoms with van der Waals surface area (Å²) in [6.45, 7) is 11.2. The standard InChI is InChI=1S/C25H42ClNO2/c1-6-7-8-9-13-17-23(20-24(28)29-25(3,4)5)27(19-14-18-26)21(2)22-15-11-10-12-16-22/h10-12,15-16,21,23H,6-9,13-14,17-20H2,1-5H3/t21-,23-/m1/s1. The first-order valence-electron chi connectivity index (χ1n) is 11.4. The van der Waals surface area contributed by atoms with Crippen LogP contribution in [0.2, 0.25) is 0 Å². The average Bonchev–Trinajstić information content (AvgIpc) is 2.66. The van der Waals surface area contributed by atoms with Gasteiger partial charge >= 0.3 is 5.97 Å². The van der Waals surface area contributed by atoms with E-state index in [2.05, 4.69) is 43.0 Å². The average molecular weight is 424 g/mol. The lowest BCUT2D eigenvalue weighted by Crippen LogP contribution is -2.41. The van der Waals surface area contributed by atoms with Gasteiger partial charge in [0.25, 0.3) is 0 Å². The van der Waals surface area contributed by atoms with E-state index in [1.165, 1.54) is 31.2 Å². The first kappa shape index (κ1) is 26.0. The maximum atomic E-state index is 12.7. The Hall–Kier alpha value is -1.06. The molecule has 0 saturated heterocycles. The smallest absolute Gasteiger partial charge is 0.307 e. The van der Waals surface area contributed by atoms with Gasteiger partial charge in [0, 0.05) is 24.5 Å². The van der Waals surface area contributed by atoms with Crippen LogP contribution in [0.4, 0.5) is 0 Å². The van der Waals surface area contributed by atoms with Gasteiger partial charge in [0.1, 0.15) is 5.60 Å². The van der Waals surface area contributed by atoms with Crippen molar-refractivity contribution >= 4 is 17.6 Å². The molecular weight excluding hydrogens is 382 g/mol. The van der Waals surface area contributed by atoms with Gasteiger partial charge in [-0.25, -0.2) is 0 Å². The molecule has 0 aliphatic rings. The third kappa shape index (κ3) is 11.1. The predicted molar refractivity (Wildman–Crippen MR) is 125 cm³/mol. The van der Waals surface area contributed by atoms with E-state index in [0.717, 1.165) is 25.8 Å². The fourth-order valence-electron chi connectivity index (χ4n) is 3.80. The van der Waals surface area contributed by atoms with Crippen LogP contribution in [0.3, 0.4) is 0 Å². The van der Waals surface area contributed by atoms with Crippen molar-refractivity contribution in [2.24, 2.45) is 0 Å². The Bertz CT molecular complexity index is 556. The van der Waals surface area contributed by atoms with Gasteiger partial charge in [-0.05, 0) is 46.1 Å². The van der Waals surface area contributed by atoms with Crippen LogP contribution in [0.25, 0.3) is 0 Å². The zero-order valence-corrected chi connectivity index (χ0v) is 20.0. The van der Waals surface area contributed by atoms with Crippen molar-refractivity contribution in [3.63, 3.8) is 0 Å². The zero-order chi connectivity index (χ0) is 21.7. The van der Waals surface area contributed by atoms with E-state index in [1.54, 1.807) is 0 Å². The Balaban J connectivity index is 2.94. The second-order valence-corrected chi connectivity index (χ2v) is 9.39. The fraction of sp³-hybridized carbons (Fsp3) is 0.720. The molecule has 0 N–H and O–H groups in total. The molecule has 3 nitrogen and oxygen atoms in total. The van der Waals surface area contributed by atoms with E-state index in [1.807, 2.05) is 26.8 Å². The number of hydrogen-bond acceptors (Lipinski definition) is 3. The Morgan fingerprint density at radius 1 is 1.07 bits per heavy atom. The highest BCUT2D eigenvalue weighted by Gasteiger charge is 2.28. The highest BCUT2D eigenvalue weighted by atomic mass is 35.5. The molecule has 0 heterocycles. The predicted octanol–water partition coefficient (Wildman–Crippen LogP) is 7.14. The fourth-order valence-corrected chi connectivity index (χ4v) is 3.92. The number of rotatable bonds is 14. The lowest BCUT2D eigenvalue weighted by atomic mass is 9.98. The molecular formula is C25H42ClNO2. The molecule has 29 heavy (non-hydrogen) atoms. The van der Waals surface area contributed by atoms with E-state index in [4.69, 9.17) is 16.3 Å². The number of nitrogens with zero attached hydrogens (tertiary/aromatic N) is 1. The van der Waals surface area contributed by atoms with Gasteiger partial charge in [-0.2, -0.15) is 0 Å². The number of carbonyl (C=O) groups excluding carboxylic acids is 1. The molecule has 0 bridgehead atoms. The third-order valence-electron chi connectivity index (χ3n) is 5.26. The monoisotopic (exact) mass is 423 g/mol. The molecule has 0 saturated carbocycles. The molecule has 4 heteroatoms. The Labute approximate surface area is 184 Å². The topological polar surface area (TPSA) is 29.5 Å². The highest BCUT2D eigenvalue weighted by Crippen LogP contribution is 2.27. The van der Waals surface area contributed by atoms with Crippen LogP contribution in [0, 0.1) is 0 Å². The summed E-state index contributed by atoms with van der Waals surface area (Å²) in [5.74, 6) is 0.528. The number of halogens is 1. The maximum absolute atomic E-state index is 12.7. The van der Waals surface area contributed by atoms with Gasteiger partial charge in [-0.3, -0.25) is 9.69 Å². The van der Waals surface area contributed by atoms with Gasteiger partial charge in [-0.15, -0.1) is 11.6 Å². The van der Waals surface area contributed by atoms with Crippen molar-refractivity contribution in [3.8, 4) is 0 Å². The van der Waals surface area contributed by atoms with Crippen molar-refractivity contribution in [2.75, 3.05) is 12.4 Å². The molecule has 2 atom stereocenters. The molecule has 0 fully saturated rings. The number of alkyl halides is 1. The molecule has 0 aromatic heterocycles. The molecule has 1 aromatic carbocycles. The van der Waals surface area contributed by atoms with Crippen LogP contribution in [0.1, 0.15) is 97.6 Å². The minimum atomic E-state index is -0.450. The maximum Gasteiger partial charge on any atom is 0.307 e. The summed E-state index contributed by atoms with van der Waals surface area (Å²) in [6.07, 6.45) is 8.54. The largest absolute Gasteiger partial charge is 0.460 e. The van der Waals surface area contributed by atoms with Crippen LogP contribution in [0.5, 0.6) is 0 Å². The quantitative estimate of drug-likeness (QED) is 0.181. The number of ether oxygens (including phenoxy) is 1. The van der Waals surface area contributed by atoms with Crippen LogP contribution in [-0.2, 0) is 9.53 Å². The normalized spacial score (nSPS) is 14.0. The Morgan fingerprint density at radius 3 is 2.31 bits per heavy atom. The number of benzene rings is 1. The van der Waals surface area contributed by atoms with Crippen molar-refractivity contribution < 1.29 is 9.53 Å². The van der Waals surface area contributed by atoms with Gasteiger partial charge in [0.2, 0.25) is 0 Å². The highest BCUT2D eigenvalue weighted by molar-refractivity contribution is 6.17. The Kier molecular flexibility index (Phi) is 12.6. The van der Waals surface area contributed by atoms with Crippen molar-refractivity contribution in [1.82, 2.24) is 4.90 Å². The van der Waals surface area contributed by atoms with Gasteiger partial charge < -0.3 is 4.74 Å². The van der Waals surface area contributed by atoms with Gasteiger partial charge in [-0.1, -0.05) is 69.4 Å². The van der Waals surface area contributed by atoms with E-state index < -0.39 is 5.60 Å². The lowest BCUT2D eigenvalue weighted by Gasteiger charge is -2.37. The number of carbonyl (C=O) groups is 1. The molecule has 0 amide bonds. The SMILES string of the molecule is CCCCCCC[C@H](CC(=O)OC(C)(C)C)N(CCCCl)[C@H](C)c1ccccc1. The Morgan fingerprint density at radius 2 is 1.72 bits per heavy atom. The van der Waals surface area contributed by atoms with Crippen molar-refractivity contribution in [3.05, 3.63) is 35.9 Å². The summed E-state index contributed by atoms with van der Waals surface area (Å²) in [4.78, 5) is 15.1. The van der Waals surface area contributed by atoms with E-state index in [0.29, 0.717) is 12.3 Å². The molecule has 1 rings (SSSR count). The van der Waals surface area contributed by atoms with E-state index >= 15 is 0 Å². The molecule has 0 aliphatic heterocycles. The second kappa shape index (κ2) is 14.0. The number of esters is 1. The van der Waals surface area contributed by atoms with E-state index in [9.17, 15) is 4.79 Å². The zero-order valence-electron chi connectivity index (χ0n) is 19.3. The summed E-state index contributed by atoms with van der Waals surface area (Å²) in [5.41, 5.74) is 0.830. The van der Waals surface area contributed by atoms with E-state index in [-0.39, 0.29) is 18.1 Å². The van der Waals surface area contributed by atoms with Gasteiger partial charge in [0.15, 0.2) is 0 Å². The lowest BCUT2D eigenvalue weighted by molar-refractivity contribution is -0.156. The minimum Gasteiger partial charge on any atom is -0.460 e. The summed E-state index contributed by atoms with van der Waals surface area (Å²) >= 11 is 6.04. The van der Waals surface area contributed by atoms with Gasteiger partial charge in [0.05, 0.1) is 6.42 Å². The third-order valence-corrected chi connectivity index (χ3v) is 5.53. The summed E-state index contributed by atoms with van der Waals surface area (Å²) in [6, 6.07) is 11.0. The number of hydrogen-bond donors (Lipinski definition) is 0. The first-order valence-corrected chi connectivity index (χ1v) is 11.9. The first-order chi connectivity index (χ1) is 13.8. The van der Waals surface area contributed by atoms with Crippen molar-refractivity contribution in [1.29, 1.82) is 0 Å².